The van der Waals surface area contributed by atoms with Gasteiger partial charge in [0.1, 0.15) is 0 Å². The van der Waals surface area contributed by atoms with Gasteiger partial charge in [-0.3, -0.25) is 14.6 Å². The number of rotatable bonds is 2. The van der Waals surface area contributed by atoms with Gasteiger partial charge in [-0.2, -0.15) is 0 Å². The monoisotopic (exact) mass is 313 g/mol. The van der Waals surface area contributed by atoms with Gasteiger partial charge in [0.25, 0.3) is 5.91 Å². The molecule has 1 aliphatic heterocycles. The number of carbonyl (C=O) groups is 2. The van der Waals surface area contributed by atoms with Gasteiger partial charge in [-0.05, 0) is 19.1 Å². The van der Waals surface area contributed by atoms with Crippen molar-refractivity contribution in [2.75, 3.05) is 25.0 Å². The summed E-state index contributed by atoms with van der Waals surface area (Å²) in [6.45, 7) is 4.30. The van der Waals surface area contributed by atoms with Crippen LogP contribution in [0.1, 0.15) is 13.8 Å². The van der Waals surface area contributed by atoms with Gasteiger partial charge >= 0.3 is 0 Å². The lowest BCUT2D eigenvalue weighted by molar-refractivity contribution is -0.158. The molecule has 6 heteroatoms. The minimum atomic E-state index is -1.06. The highest BCUT2D eigenvalue weighted by atomic mass is 16.5. The van der Waals surface area contributed by atoms with E-state index in [1.807, 2.05) is 30.3 Å². The van der Waals surface area contributed by atoms with E-state index < -0.39 is 5.60 Å². The number of hydrogen-bond acceptors (Lipinski definition) is 4. The highest BCUT2D eigenvalue weighted by molar-refractivity contribution is 5.98. The van der Waals surface area contributed by atoms with Crippen LogP contribution in [0, 0.1) is 0 Å². The lowest BCUT2D eigenvalue weighted by atomic mass is 10.0. The second-order valence-electron chi connectivity index (χ2n) is 5.89. The number of fused-ring (bicyclic) bond motifs is 1. The minimum Gasteiger partial charge on any atom is -0.362 e. The van der Waals surface area contributed by atoms with E-state index in [4.69, 9.17) is 4.74 Å². The van der Waals surface area contributed by atoms with Crippen molar-refractivity contribution in [1.82, 2.24) is 9.88 Å². The van der Waals surface area contributed by atoms with Crippen LogP contribution in [0.3, 0.4) is 0 Å². The minimum absolute atomic E-state index is 0.0558. The van der Waals surface area contributed by atoms with Gasteiger partial charge in [0.05, 0.1) is 30.6 Å². The number of morpholine rings is 1. The lowest BCUT2D eigenvalue weighted by Crippen LogP contribution is -2.57. The summed E-state index contributed by atoms with van der Waals surface area (Å²) in [6.07, 6.45) is 1.62. The Balaban J connectivity index is 1.78. The number of pyridine rings is 1. The van der Waals surface area contributed by atoms with Crippen LogP contribution in [-0.4, -0.2) is 47.0 Å². The third-order valence-electron chi connectivity index (χ3n) is 4.05. The van der Waals surface area contributed by atoms with Gasteiger partial charge in [0, 0.05) is 18.9 Å². The Hall–Kier alpha value is -2.47. The summed E-state index contributed by atoms with van der Waals surface area (Å²) >= 11 is 0. The SMILES string of the molecule is CC(=O)N1CCOC(C)(C(=O)Nc2cnc3ccccc3c2)C1. The Morgan fingerprint density at radius 2 is 2.13 bits per heavy atom. The summed E-state index contributed by atoms with van der Waals surface area (Å²) in [6, 6.07) is 9.56. The maximum atomic E-state index is 12.6. The summed E-state index contributed by atoms with van der Waals surface area (Å²) in [5, 5.41) is 3.79. The average Bonchev–Trinajstić information content (AvgIpc) is 2.54. The Labute approximate surface area is 134 Å². The quantitative estimate of drug-likeness (QED) is 0.918. The van der Waals surface area contributed by atoms with Gasteiger partial charge in [0.2, 0.25) is 5.91 Å². The van der Waals surface area contributed by atoms with E-state index in [-0.39, 0.29) is 18.4 Å². The molecular formula is C17H19N3O3. The number of amides is 2. The van der Waals surface area contributed by atoms with Gasteiger partial charge in [-0.25, -0.2) is 0 Å². The van der Waals surface area contributed by atoms with Crippen LogP contribution in [0.25, 0.3) is 10.9 Å². The molecule has 0 saturated carbocycles. The van der Waals surface area contributed by atoms with Crippen LogP contribution < -0.4 is 5.32 Å². The first-order chi connectivity index (χ1) is 11.0. The molecule has 1 aromatic heterocycles. The number of para-hydroxylation sites is 1. The molecule has 23 heavy (non-hydrogen) atoms. The fourth-order valence-corrected chi connectivity index (χ4v) is 2.68. The normalized spacial score (nSPS) is 21.2. The topological polar surface area (TPSA) is 71.5 Å². The number of carbonyl (C=O) groups excluding carboxylic acids is 2. The molecule has 1 aliphatic rings. The van der Waals surface area contributed by atoms with Crippen molar-refractivity contribution in [1.29, 1.82) is 0 Å². The Morgan fingerprint density at radius 1 is 1.35 bits per heavy atom. The molecule has 1 aromatic carbocycles. The molecule has 1 N–H and O–H groups in total. The van der Waals surface area contributed by atoms with E-state index in [1.54, 1.807) is 18.0 Å². The number of anilines is 1. The fourth-order valence-electron chi connectivity index (χ4n) is 2.68. The fraction of sp³-hybridized carbons (Fsp3) is 0.353. The second kappa shape index (κ2) is 5.96. The highest BCUT2D eigenvalue weighted by Crippen LogP contribution is 2.22. The van der Waals surface area contributed by atoms with Crippen molar-refractivity contribution in [3.63, 3.8) is 0 Å². The third-order valence-corrected chi connectivity index (χ3v) is 4.05. The molecule has 2 amide bonds. The molecule has 6 nitrogen and oxygen atoms in total. The number of nitrogens with zero attached hydrogens (tertiary/aromatic N) is 2. The molecule has 3 rings (SSSR count). The number of ether oxygens (including phenoxy) is 1. The second-order valence-corrected chi connectivity index (χ2v) is 5.89. The van der Waals surface area contributed by atoms with Crippen LogP contribution in [0.4, 0.5) is 5.69 Å². The molecule has 0 spiro atoms. The average molecular weight is 313 g/mol. The standard InChI is InChI=1S/C17H19N3O3/c1-12(21)20-7-8-23-17(2,11-20)16(22)19-14-9-13-5-3-4-6-15(13)18-10-14/h3-6,9-10H,7-8,11H2,1-2H3,(H,19,22). The van der Waals surface area contributed by atoms with Crippen LogP contribution in [0.15, 0.2) is 36.5 Å². The molecule has 0 aliphatic carbocycles. The van der Waals surface area contributed by atoms with Crippen molar-refractivity contribution >= 4 is 28.4 Å². The van der Waals surface area contributed by atoms with Crippen molar-refractivity contribution in [2.45, 2.75) is 19.4 Å². The van der Waals surface area contributed by atoms with Gasteiger partial charge in [-0.1, -0.05) is 18.2 Å². The zero-order chi connectivity index (χ0) is 16.4. The molecule has 1 fully saturated rings. The maximum Gasteiger partial charge on any atom is 0.258 e. The first-order valence-electron chi connectivity index (χ1n) is 7.54. The predicted molar refractivity (Wildman–Crippen MR) is 87.0 cm³/mol. The zero-order valence-corrected chi connectivity index (χ0v) is 13.2. The molecule has 1 saturated heterocycles. The number of benzene rings is 1. The number of hydrogen-bond donors (Lipinski definition) is 1. The Kier molecular flexibility index (Phi) is 4.00. The summed E-state index contributed by atoms with van der Waals surface area (Å²) < 4.78 is 5.64. The van der Waals surface area contributed by atoms with Gasteiger partial charge in [0.15, 0.2) is 5.60 Å². The first-order valence-corrected chi connectivity index (χ1v) is 7.54. The Morgan fingerprint density at radius 3 is 2.91 bits per heavy atom. The summed E-state index contributed by atoms with van der Waals surface area (Å²) in [5.41, 5.74) is 0.419. The van der Waals surface area contributed by atoms with E-state index in [0.717, 1.165) is 10.9 Å². The molecule has 120 valence electrons. The molecule has 2 aromatic rings. The lowest BCUT2D eigenvalue weighted by Gasteiger charge is -2.38. The zero-order valence-electron chi connectivity index (χ0n) is 13.2. The molecule has 0 bridgehead atoms. The van der Waals surface area contributed by atoms with E-state index in [9.17, 15) is 9.59 Å². The van der Waals surface area contributed by atoms with E-state index >= 15 is 0 Å². The van der Waals surface area contributed by atoms with Gasteiger partial charge < -0.3 is 15.0 Å². The maximum absolute atomic E-state index is 12.6. The first kappa shape index (κ1) is 15.4. The molecule has 0 radical (unpaired) electrons. The summed E-state index contributed by atoms with van der Waals surface area (Å²) in [5.74, 6) is -0.333. The van der Waals surface area contributed by atoms with Crippen LogP contribution in [-0.2, 0) is 14.3 Å². The van der Waals surface area contributed by atoms with E-state index in [1.165, 1.54) is 6.92 Å². The van der Waals surface area contributed by atoms with Crippen LogP contribution in [0.2, 0.25) is 0 Å². The molecule has 1 atom stereocenters. The summed E-state index contributed by atoms with van der Waals surface area (Å²) in [4.78, 5) is 30.1. The third kappa shape index (κ3) is 3.17. The molecule has 2 heterocycles. The largest absolute Gasteiger partial charge is 0.362 e. The van der Waals surface area contributed by atoms with Gasteiger partial charge in [-0.15, -0.1) is 0 Å². The van der Waals surface area contributed by atoms with Crippen molar-refractivity contribution in [3.05, 3.63) is 36.5 Å². The van der Waals surface area contributed by atoms with Crippen LogP contribution in [0.5, 0.6) is 0 Å². The molecular weight excluding hydrogens is 294 g/mol. The number of aromatic nitrogens is 1. The highest BCUT2D eigenvalue weighted by Gasteiger charge is 2.40. The van der Waals surface area contributed by atoms with E-state index in [0.29, 0.717) is 18.8 Å². The predicted octanol–water partition coefficient (Wildman–Crippen LogP) is 1.81. The van der Waals surface area contributed by atoms with E-state index in [2.05, 4.69) is 10.3 Å². The van der Waals surface area contributed by atoms with Crippen molar-refractivity contribution in [3.8, 4) is 0 Å². The van der Waals surface area contributed by atoms with Crippen molar-refractivity contribution < 1.29 is 14.3 Å². The number of nitrogens with one attached hydrogen (secondary N) is 1. The van der Waals surface area contributed by atoms with Crippen LogP contribution >= 0.6 is 0 Å². The molecule has 1 unspecified atom stereocenters. The van der Waals surface area contributed by atoms with Crippen molar-refractivity contribution in [2.24, 2.45) is 0 Å². The Bertz CT molecular complexity index is 762. The summed E-state index contributed by atoms with van der Waals surface area (Å²) in [7, 11) is 0. The smallest absolute Gasteiger partial charge is 0.258 e.